The van der Waals surface area contributed by atoms with E-state index in [1.807, 2.05) is 6.07 Å². The minimum absolute atomic E-state index is 0.374. The second-order valence-electron chi connectivity index (χ2n) is 5.28. The van der Waals surface area contributed by atoms with Crippen molar-refractivity contribution in [3.63, 3.8) is 0 Å². The van der Waals surface area contributed by atoms with Crippen LogP contribution in [0.3, 0.4) is 0 Å². The Morgan fingerprint density at radius 1 is 1.10 bits per heavy atom. The molecule has 0 saturated carbocycles. The first-order chi connectivity index (χ1) is 10.3. The van der Waals surface area contributed by atoms with Crippen molar-refractivity contribution in [2.45, 2.75) is 39.2 Å². The minimum atomic E-state index is 0.374. The third-order valence-electron chi connectivity index (χ3n) is 3.33. The fraction of sp³-hybridized carbons (Fsp3) is 0.412. The lowest BCUT2D eigenvalue weighted by Crippen LogP contribution is -2.17. The van der Waals surface area contributed by atoms with Gasteiger partial charge in [-0.1, -0.05) is 37.3 Å². The maximum Gasteiger partial charge on any atom is 0.131 e. The van der Waals surface area contributed by atoms with Crippen molar-refractivity contribution in [2.24, 2.45) is 0 Å². The monoisotopic (exact) mass is 284 g/mol. The van der Waals surface area contributed by atoms with E-state index in [2.05, 4.69) is 64.8 Å². The van der Waals surface area contributed by atoms with Crippen LogP contribution in [-0.2, 0) is 6.42 Å². The molecule has 2 N–H and O–H groups in total. The number of aryl methyl sites for hydroxylation is 1. The summed E-state index contributed by atoms with van der Waals surface area (Å²) in [5.74, 6) is 1.76. The highest BCUT2D eigenvalue weighted by atomic mass is 15.1. The maximum absolute atomic E-state index is 4.28. The summed E-state index contributed by atoms with van der Waals surface area (Å²) in [5, 5.41) is 6.71. The lowest BCUT2D eigenvalue weighted by Gasteiger charge is -2.15. The van der Waals surface area contributed by atoms with Gasteiger partial charge in [0.05, 0.1) is 0 Å². The number of hydrogen-bond donors (Lipinski definition) is 2. The fourth-order valence-electron chi connectivity index (χ4n) is 2.14. The Balaban J connectivity index is 1.83. The molecule has 1 unspecified atom stereocenters. The Bertz CT molecular complexity index is 527. The first-order valence-corrected chi connectivity index (χ1v) is 7.64. The molecule has 0 amide bonds. The normalized spacial score (nSPS) is 11.9. The molecule has 4 heteroatoms. The molecule has 0 bridgehead atoms. The number of hydrogen-bond acceptors (Lipinski definition) is 4. The fourth-order valence-corrected chi connectivity index (χ4v) is 2.14. The number of rotatable bonds is 8. The van der Waals surface area contributed by atoms with E-state index in [4.69, 9.17) is 0 Å². The summed E-state index contributed by atoms with van der Waals surface area (Å²) in [7, 11) is 0. The molecule has 0 spiro atoms. The summed E-state index contributed by atoms with van der Waals surface area (Å²) in [6.07, 6.45) is 4.83. The number of nitrogens with one attached hydrogen (secondary N) is 2. The van der Waals surface area contributed by atoms with Crippen LogP contribution in [0.4, 0.5) is 11.6 Å². The quantitative estimate of drug-likeness (QED) is 0.775. The topological polar surface area (TPSA) is 49.8 Å². The molecule has 1 heterocycles. The van der Waals surface area contributed by atoms with Gasteiger partial charge in [-0.2, -0.15) is 0 Å². The highest BCUT2D eigenvalue weighted by Crippen LogP contribution is 2.12. The molecule has 21 heavy (non-hydrogen) atoms. The highest BCUT2D eigenvalue weighted by Gasteiger charge is 2.05. The van der Waals surface area contributed by atoms with Gasteiger partial charge in [0.15, 0.2) is 0 Å². The van der Waals surface area contributed by atoms with Crippen LogP contribution >= 0.6 is 0 Å². The Kier molecular flexibility index (Phi) is 6.00. The molecule has 0 fully saturated rings. The molecule has 2 aromatic rings. The zero-order valence-corrected chi connectivity index (χ0v) is 12.8. The Morgan fingerprint density at radius 3 is 2.62 bits per heavy atom. The van der Waals surface area contributed by atoms with Gasteiger partial charge in [-0.15, -0.1) is 0 Å². The molecule has 2 rings (SSSR count). The Hall–Kier alpha value is -2.10. The molecule has 1 aromatic carbocycles. The third kappa shape index (κ3) is 5.42. The molecule has 1 aromatic heterocycles. The molecule has 0 aliphatic rings. The SMILES string of the molecule is CCCNc1cc(NC(C)CCc2ccccc2)ncn1. The molecule has 0 aliphatic carbocycles. The lowest BCUT2D eigenvalue weighted by atomic mass is 10.1. The smallest absolute Gasteiger partial charge is 0.131 e. The van der Waals surface area contributed by atoms with Crippen LogP contribution in [0.5, 0.6) is 0 Å². The van der Waals surface area contributed by atoms with Gasteiger partial charge in [0.2, 0.25) is 0 Å². The van der Waals surface area contributed by atoms with Gasteiger partial charge < -0.3 is 10.6 Å². The summed E-state index contributed by atoms with van der Waals surface area (Å²) < 4.78 is 0. The molecule has 0 radical (unpaired) electrons. The predicted octanol–water partition coefficient (Wildman–Crippen LogP) is 3.73. The maximum atomic E-state index is 4.28. The van der Waals surface area contributed by atoms with E-state index in [0.717, 1.165) is 37.4 Å². The lowest BCUT2D eigenvalue weighted by molar-refractivity contribution is 0.702. The van der Waals surface area contributed by atoms with Gasteiger partial charge in [0.1, 0.15) is 18.0 Å². The standard InChI is InChI=1S/C17H24N4/c1-3-11-18-16-12-17(20-13-19-16)21-14(2)9-10-15-7-5-4-6-8-15/h4-8,12-14H,3,9-11H2,1-2H3,(H2,18,19,20,21). The van der Waals surface area contributed by atoms with Crippen LogP contribution in [0.1, 0.15) is 32.3 Å². The van der Waals surface area contributed by atoms with Crippen molar-refractivity contribution < 1.29 is 0 Å². The Morgan fingerprint density at radius 2 is 1.86 bits per heavy atom. The highest BCUT2D eigenvalue weighted by molar-refractivity contribution is 5.46. The summed E-state index contributed by atoms with van der Waals surface area (Å²) in [5.41, 5.74) is 1.37. The van der Waals surface area contributed by atoms with Crippen molar-refractivity contribution in [2.75, 3.05) is 17.2 Å². The van der Waals surface area contributed by atoms with E-state index in [9.17, 15) is 0 Å². The molecule has 0 saturated heterocycles. The predicted molar refractivity (Wildman–Crippen MR) is 88.7 cm³/mol. The van der Waals surface area contributed by atoms with Gasteiger partial charge in [-0.25, -0.2) is 9.97 Å². The number of benzene rings is 1. The summed E-state index contributed by atoms with van der Waals surface area (Å²) in [6.45, 7) is 5.25. The van der Waals surface area contributed by atoms with Crippen LogP contribution in [0.2, 0.25) is 0 Å². The second kappa shape index (κ2) is 8.25. The average molecular weight is 284 g/mol. The van der Waals surface area contributed by atoms with Gasteiger partial charge >= 0.3 is 0 Å². The molecule has 0 aliphatic heterocycles. The van der Waals surface area contributed by atoms with Crippen molar-refractivity contribution >= 4 is 11.6 Å². The van der Waals surface area contributed by atoms with Crippen LogP contribution in [0.15, 0.2) is 42.7 Å². The van der Waals surface area contributed by atoms with E-state index in [-0.39, 0.29) is 0 Å². The largest absolute Gasteiger partial charge is 0.370 e. The van der Waals surface area contributed by atoms with E-state index < -0.39 is 0 Å². The third-order valence-corrected chi connectivity index (χ3v) is 3.33. The van der Waals surface area contributed by atoms with Crippen molar-refractivity contribution in [1.82, 2.24) is 9.97 Å². The van der Waals surface area contributed by atoms with Crippen LogP contribution < -0.4 is 10.6 Å². The van der Waals surface area contributed by atoms with Crippen molar-refractivity contribution in [3.8, 4) is 0 Å². The molecular formula is C17H24N4. The molecule has 1 atom stereocenters. The van der Waals surface area contributed by atoms with E-state index in [1.54, 1.807) is 6.33 Å². The van der Waals surface area contributed by atoms with Gasteiger partial charge in [-0.05, 0) is 31.7 Å². The molecular weight excluding hydrogens is 260 g/mol. The molecule has 4 nitrogen and oxygen atoms in total. The van der Waals surface area contributed by atoms with Gasteiger partial charge in [0.25, 0.3) is 0 Å². The van der Waals surface area contributed by atoms with Crippen molar-refractivity contribution in [1.29, 1.82) is 0 Å². The average Bonchev–Trinajstić information content (AvgIpc) is 2.52. The Labute approximate surface area is 127 Å². The summed E-state index contributed by atoms with van der Waals surface area (Å²) in [4.78, 5) is 8.50. The first kappa shape index (κ1) is 15.3. The van der Waals surface area contributed by atoms with E-state index in [0.29, 0.717) is 6.04 Å². The first-order valence-electron chi connectivity index (χ1n) is 7.64. The summed E-state index contributed by atoms with van der Waals surface area (Å²) in [6, 6.07) is 12.9. The van der Waals surface area contributed by atoms with Crippen LogP contribution in [0.25, 0.3) is 0 Å². The zero-order valence-electron chi connectivity index (χ0n) is 12.8. The van der Waals surface area contributed by atoms with Crippen LogP contribution in [-0.4, -0.2) is 22.6 Å². The molecule has 112 valence electrons. The van der Waals surface area contributed by atoms with Crippen molar-refractivity contribution in [3.05, 3.63) is 48.3 Å². The number of nitrogens with zero attached hydrogens (tertiary/aromatic N) is 2. The van der Waals surface area contributed by atoms with Gasteiger partial charge in [-0.3, -0.25) is 0 Å². The summed E-state index contributed by atoms with van der Waals surface area (Å²) >= 11 is 0. The van der Waals surface area contributed by atoms with E-state index in [1.165, 1.54) is 5.56 Å². The number of anilines is 2. The zero-order chi connectivity index (χ0) is 14.9. The minimum Gasteiger partial charge on any atom is -0.370 e. The number of aromatic nitrogens is 2. The van der Waals surface area contributed by atoms with E-state index >= 15 is 0 Å². The van der Waals surface area contributed by atoms with Crippen LogP contribution in [0, 0.1) is 0 Å². The second-order valence-corrected chi connectivity index (χ2v) is 5.28. The van der Waals surface area contributed by atoms with Gasteiger partial charge in [0, 0.05) is 18.7 Å².